The summed E-state index contributed by atoms with van der Waals surface area (Å²) in [6.07, 6.45) is 0. The maximum absolute atomic E-state index is 13.7. The van der Waals surface area contributed by atoms with Crippen molar-refractivity contribution in [1.29, 1.82) is 0 Å². The van der Waals surface area contributed by atoms with Gasteiger partial charge in [0.1, 0.15) is 22.3 Å². The molecule has 2 rings (SSSR count). The first-order chi connectivity index (χ1) is 9.83. The largest absolute Gasteiger partial charge is 0.326 e. The van der Waals surface area contributed by atoms with Crippen molar-refractivity contribution >= 4 is 15.7 Å². The lowest BCUT2D eigenvalue weighted by Crippen LogP contribution is -2.16. The Bertz CT molecular complexity index is 779. The van der Waals surface area contributed by atoms with Gasteiger partial charge in [0.2, 0.25) is 0 Å². The van der Waals surface area contributed by atoms with Gasteiger partial charge < -0.3 is 5.73 Å². The fraction of sp³-hybridized carbons (Fsp3) is 0.0769. The summed E-state index contributed by atoms with van der Waals surface area (Å²) in [6, 6.07) is 5.61. The lowest BCUT2D eigenvalue weighted by Gasteiger charge is -2.10. The number of nitrogens with one attached hydrogen (secondary N) is 1. The SMILES string of the molecule is NCc1ccc(NS(=O)(=O)c2cc(F)ccc2F)c(F)c1. The van der Waals surface area contributed by atoms with Crippen LogP contribution < -0.4 is 10.5 Å². The highest BCUT2D eigenvalue weighted by atomic mass is 32.2. The lowest BCUT2D eigenvalue weighted by molar-refractivity contribution is 0.555. The Kier molecular flexibility index (Phi) is 4.19. The van der Waals surface area contributed by atoms with Gasteiger partial charge in [-0.1, -0.05) is 6.07 Å². The smallest absolute Gasteiger partial charge is 0.265 e. The fourth-order valence-corrected chi connectivity index (χ4v) is 2.81. The van der Waals surface area contributed by atoms with Gasteiger partial charge in [-0.15, -0.1) is 0 Å². The van der Waals surface area contributed by atoms with Gasteiger partial charge in [-0.05, 0) is 35.9 Å². The van der Waals surface area contributed by atoms with Crippen LogP contribution in [0.25, 0.3) is 0 Å². The van der Waals surface area contributed by atoms with Crippen molar-refractivity contribution in [3.8, 4) is 0 Å². The molecule has 2 aromatic rings. The van der Waals surface area contributed by atoms with E-state index in [1.807, 2.05) is 4.72 Å². The van der Waals surface area contributed by atoms with Gasteiger partial charge in [0.15, 0.2) is 0 Å². The molecule has 0 spiro atoms. The lowest BCUT2D eigenvalue weighted by atomic mass is 10.2. The first-order valence-corrected chi connectivity index (χ1v) is 7.28. The molecule has 2 aromatic carbocycles. The Morgan fingerprint density at radius 3 is 2.33 bits per heavy atom. The molecule has 0 aromatic heterocycles. The molecule has 0 aliphatic carbocycles. The molecule has 4 nitrogen and oxygen atoms in total. The van der Waals surface area contributed by atoms with E-state index in [-0.39, 0.29) is 12.2 Å². The minimum absolute atomic E-state index is 0.0858. The van der Waals surface area contributed by atoms with Gasteiger partial charge in [0, 0.05) is 6.54 Å². The van der Waals surface area contributed by atoms with Crippen LogP contribution in [0.4, 0.5) is 18.9 Å². The van der Waals surface area contributed by atoms with Gasteiger partial charge in [-0.3, -0.25) is 4.72 Å². The fourth-order valence-electron chi connectivity index (χ4n) is 1.65. The Labute approximate surface area is 119 Å². The molecule has 0 aliphatic heterocycles. The maximum Gasteiger partial charge on any atom is 0.265 e. The maximum atomic E-state index is 13.7. The average molecular weight is 316 g/mol. The van der Waals surface area contributed by atoms with Gasteiger partial charge in [-0.2, -0.15) is 0 Å². The zero-order valence-corrected chi connectivity index (χ0v) is 11.4. The van der Waals surface area contributed by atoms with Crippen molar-refractivity contribution in [2.75, 3.05) is 4.72 Å². The van der Waals surface area contributed by atoms with Crippen LogP contribution in [0.1, 0.15) is 5.56 Å². The average Bonchev–Trinajstić information content (AvgIpc) is 2.43. The summed E-state index contributed by atoms with van der Waals surface area (Å²) >= 11 is 0. The van der Waals surface area contributed by atoms with Gasteiger partial charge >= 0.3 is 0 Å². The van der Waals surface area contributed by atoms with Crippen LogP contribution in [-0.4, -0.2) is 8.42 Å². The van der Waals surface area contributed by atoms with Crippen LogP contribution in [0, 0.1) is 17.5 Å². The minimum atomic E-state index is -4.44. The Morgan fingerprint density at radius 1 is 1.00 bits per heavy atom. The molecule has 3 N–H and O–H groups in total. The number of sulfonamides is 1. The number of nitrogens with two attached hydrogens (primary N) is 1. The number of hydrogen-bond acceptors (Lipinski definition) is 3. The monoisotopic (exact) mass is 316 g/mol. The van der Waals surface area contributed by atoms with Crippen LogP contribution in [-0.2, 0) is 16.6 Å². The highest BCUT2D eigenvalue weighted by Crippen LogP contribution is 2.22. The predicted octanol–water partition coefficient (Wildman–Crippen LogP) is 2.36. The summed E-state index contributed by atoms with van der Waals surface area (Å²) in [5, 5.41) is 0. The van der Waals surface area contributed by atoms with Crippen LogP contribution in [0.5, 0.6) is 0 Å². The number of rotatable bonds is 4. The molecule has 112 valence electrons. The van der Waals surface area contributed by atoms with Crippen LogP contribution in [0.2, 0.25) is 0 Å². The zero-order chi connectivity index (χ0) is 15.6. The second kappa shape index (κ2) is 5.74. The normalized spacial score (nSPS) is 11.4. The molecule has 0 unspecified atom stereocenters. The molecule has 0 radical (unpaired) electrons. The van der Waals surface area contributed by atoms with Crippen molar-refractivity contribution in [2.45, 2.75) is 11.4 Å². The van der Waals surface area contributed by atoms with E-state index in [4.69, 9.17) is 5.73 Å². The summed E-state index contributed by atoms with van der Waals surface area (Å²) in [5.41, 5.74) is 5.41. The molecule has 0 fully saturated rings. The van der Waals surface area contributed by atoms with Crippen LogP contribution in [0.3, 0.4) is 0 Å². The van der Waals surface area contributed by atoms with Crippen molar-refractivity contribution < 1.29 is 21.6 Å². The molecule has 0 bridgehead atoms. The quantitative estimate of drug-likeness (QED) is 0.909. The van der Waals surface area contributed by atoms with E-state index in [9.17, 15) is 21.6 Å². The number of halogens is 3. The van der Waals surface area contributed by atoms with E-state index in [2.05, 4.69) is 0 Å². The Morgan fingerprint density at radius 2 is 1.71 bits per heavy atom. The summed E-state index contributed by atoms with van der Waals surface area (Å²) < 4.78 is 66.1. The molecule has 0 saturated heterocycles. The highest BCUT2D eigenvalue weighted by Gasteiger charge is 2.21. The topological polar surface area (TPSA) is 72.2 Å². The van der Waals surface area contributed by atoms with E-state index in [0.717, 1.165) is 18.2 Å². The first-order valence-electron chi connectivity index (χ1n) is 5.80. The Hall–Kier alpha value is -2.06. The van der Waals surface area contributed by atoms with E-state index in [1.165, 1.54) is 6.07 Å². The van der Waals surface area contributed by atoms with E-state index < -0.39 is 32.4 Å². The number of anilines is 1. The number of hydrogen-bond donors (Lipinski definition) is 2. The van der Waals surface area contributed by atoms with Gasteiger partial charge in [-0.25, -0.2) is 21.6 Å². The molecular formula is C13H11F3N2O2S. The molecule has 0 amide bonds. The third-order valence-corrected chi connectivity index (χ3v) is 4.08. The predicted molar refractivity (Wildman–Crippen MR) is 71.5 cm³/mol. The zero-order valence-electron chi connectivity index (χ0n) is 10.6. The van der Waals surface area contributed by atoms with E-state index in [1.54, 1.807) is 0 Å². The van der Waals surface area contributed by atoms with Crippen molar-refractivity contribution in [3.63, 3.8) is 0 Å². The molecule has 0 heterocycles. The van der Waals surface area contributed by atoms with Gasteiger partial charge in [0.05, 0.1) is 5.69 Å². The first kappa shape index (κ1) is 15.3. The third-order valence-electron chi connectivity index (χ3n) is 2.70. The molecule has 0 atom stereocenters. The van der Waals surface area contributed by atoms with Crippen molar-refractivity contribution in [3.05, 3.63) is 59.4 Å². The highest BCUT2D eigenvalue weighted by molar-refractivity contribution is 7.92. The van der Waals surface area contributed by atoms with E-state index in [0.29, 0.717) is 17.7 Å². The Balaban J connectivity index is 2.40. The second-order valence-electron chi connectivity index (χ2n) is 4.20. The summed E-state index contributed by atoms with van der Waals surface area (Å²) in [5.74, 6) is -2.92. The molecule has 0 saturated carbocycles. The van der Waals surface area contributed by atoms with Gasteiger partial charge in [0.25, 0.3) is 10.0 Å². The molecular weight excluding hydrogens is 305 g/mol. The van der Waals surface area contributed by atoms with Crippen LogP contribution in [0.15, 0.2) is 41.3 Å². The summed E-state index contributed by atoms with van der Waals surface area (Å²) in [7, 11) is -4.44. The summed E-state index contributed by atoms with van der Waals surface area (Å²) in [4.78, 5) is -0.898. The van der Waals surface area contributed by atoms with Crippen molar-refractivity contribution in [2.24, 2.45) is 5.73 Å². The molecule has 0 aliphatic rings. The van der Waals surface area contributed by atoms with Crippen molar-refractivity contribution in [1.82, 2.24) is 0 Å². The molecule has 21 heavy (non-hydrogen) atoms. The second-order valence-corrected chi connectivity index (χ2v) is 5.85. The summed E-state index contributed by atoms with van der Waals surface area (Å²) in [6.45, 7) is 0.0858. The number of benzene rings is 2. The standard InChI is InChI=1S/C13H11F3N2O2S/c14-9-2-3-10(15)13(6-9)21(19,20)18-12-4-1-8(7-17)5-11(12)16/h1-6,18H,7,17H2. The molecule has 8 heteroatoms. The minimum Gasteiger partial charge on any atom is -0.326 e. The van der Waals surface area contributed by atoms with E-state index >= 15 is 0 Å². The third kappa shape index (κ3) is 3.34. The van der Waals surface area contributed by atoms with Crippen LogP contribution >= 0.6 is 0 Å².